The van der Waals surface area contributed by atoms with Crippen molar-refractivity contribution in [2.45, 2.75) is 4.90 Å². The summed E-state index contributed by atoms with van der Waals surface area (Å²) in [5.74, 6) is -0.914. The third-order valence-corrected chi connectivity index (χ3v) is 6.28. The Morgan fingerprint density at radius 2 is 1.47 bits per heavy atom. The summed E-state index contributed by atoms with van der Waals surface area (Å²) in [5, 5.41) is 0. The topological polar surface area (TPSA) is 100 Å². The molecule has 148 valence electrons. The van der Waals surface area contributed by atoms with E-state index >= 15 is 0 Å². The van der Waals surface area contributed by atoms with Crippen molar-refractivity contribution >= 4 is 39.0 Å². The number of fused-ring (bicyclic) bond motifs is 2. The molecular formula is C21H14N4O4S. The molecule has 1 aromatic heterocycles. The monoisotopic (exact) mass is 418 g/mol. The fourth-order valence-corrected chi connectivity index (χ4v) is 4.75. The standard InChI is InChI=1S/C21H14N4O4S/c26-20-15-8-4-5-9-16(15)21(27)24(20)13-19-23-30(28,29)18-12-22-11-10-17(18)25(19)14-6-2-1-3-7-14/h1-12H,13H2. The van der Waals surface area contributed by atoms with Gasteiger partial charge in [-0.1, -0.05) is 30.3 Å². The largest absolute Gasteiger partial charge is 0.295 e. The highest BCUT2D eigenvalue weighted by Gasteiger charge is 2.39. The van der Waals surface area contributed by atoms with Crippen molar-refractivity contribution in [2.75, 3.05) is 11.4 Å². The first-order valence-corrected chi connectivity index (χ1v) is 10.5. The maximum atomic E-state index is 12.8. The van der Waals surface area contributed by atoms with Crippen molar-refractivity contribution in [2.24, 2.45) is 4.40 Å². The van der Waals surface area contributed by atoms with Crippen LogP contribution < -0.4 is 4.90 Å². The van der Waals surface area contributed by atoms with E-state index in [1.54, 1.807) is 59.5 Å². The Labute approximate surface area is 172 Å². The first kappa shape index (κ1) is 18.2. The normalized spacial score (nSPS) is 16.9. The highest BCUT2D eigenvalue weighted by molar-refractivity contribution is 7.90. The molecule has 2 aliphatic rings. The van der Waals surface area contributed by atoms with Crippen LogP contribution in [-0.2, 0) is 10.0 Å². The molecule has 0 bridgehead atoms. The predicted octanol–water partition coefficient (Wildman–Crippen LogP) is 2.62. The second-order valence-corrected chi connectivity index (χ2v) is 8.31. The lowest BCUT2D eigenvalue weighted by molar-refractivity contribution is 0.0677. The van der Waals surface area contributed by atoms with Crippen LogP contribution in [0.3, 0.4) is 0 Å². The van der Waals surface area contributed by atoms with Gasteiger partial charge in [-0.05, 0) is 30.3 Å². The molecule has 0 unspecified atom stereocenters. The van der Waals surface area contributed by atoms with Crippen LogP contribution in [0.5, 0.6) is 0 Å². The number of carbonyl (C=O) groups is 2. The van der Waals surface area contributed by atoms with Gasteiger partial charge in [0.2, 0.25) is 0 Å². The van der Waals surface area contributed by atoms with Gasteiger partial charge in [-0.25, -0.2) is 0 Å². The summed E-state index contributed by atoms with van der Waals surface area (Å²) in [6.45, 7) is -0.289. The number of hydrogen-bond donors (Lipinski definition) is 0. The lowest BCUT2D eigenvalue weighted by Gasteiger charge is -2.32. The van der Waals surface area contributed by atoms with Crippen LogP contribution in [0.2, 0.25) is 0 Å². The van der Waals surface area contributed by atoms with E-state index in [0.29, 0.717) is 11.4 Å². The van der Waals surface area contributed by atoms with E-state index in [9.17, 15) is 18.0 Å². The van der Waals surface area contributed by atoms with Gasteiger partial charge < -0.3 is 0 Å². The number of imide groups is 1. The third kappa shape index (κ3) is 2.71. The van der Waals surface area contributed by atoms with E-state index in [2.05, 4.69) is 9.38 Å². The highest BCUT2D eigenvalue weighted by Crippen LogP contribution is 2.36. The first-order valence-electron chi connectivity index (χ1n) is 9.05. The fraction of sp³-hybridized carbons (Fsp3) is 0.0476. The number of anilines is 2. The Bertz CT molecular complexity index is 1300. The van der Waals surface area contributed by atoms with Crippen LogP contribution in [0, 0.1) is 0 Å². The van der Waals surface area contributed by atoms with Gasteiger partial charge in [0.25, 0.3) is 21.8 Å². The molecule has 0 saturated heterocycles. The number of nitrogens with zero attached hydrogens (tertiary/aromatic N) is 4. The molecule has 2 aliphatic heterocycles. The average Bonchev–Trinajstić information content (AvgIpc) is 2.99. The van der Waals surface area contributed by atoms with Gasteiger partial charge in [-0.2, -0.15) is 8.42 Å². The third-order valence-electron chi connectivity index (χ3n) is 4.96. The molecule has 3 heterocycles. The Morgan fingerprint density at radius 3 is 2.13 bits per heavy atom. The van der Waals surface area contributed by atoms with Crippen molar-refractivity contribution in [1.29, 1.82) is 0 Å². The number of amidine groups is 1. The number of aromatic nitrogens is 1. The maximum absolute atomic E-state index is 12.8. The van der Waals surface area contributed by atoms with Gasteiger partial charge in [-0.3, -0.25) is 24.4 Å². The van der Waals surface area contributed by atoms with Gasteiger partial charge in [0, 0.05) is 18.1 Å². The SMILES string of the molecule is O=C1c2ccccc2C(=O)N1CC1=NS(=O)(=O)c2cnccc2N1c1ccccc1. The van der Waals surface area contributed by atoms with E-state index in [4.69, 9.17) is 0 Å². The van der Waals surface area contributed by atoms with Crippen LogP contribution in [-0.4, -0.2) is 42.5 Å². The number of sulfonamides is 1. The minimum absolute atomic E-state index is 0.0417. The second kappa shape index (κ2) is 6.60. The number of hydrogen-bond acceptors (Lipinski definition) is 6. The number of para-hydroxylation sites is 1. The van der Waals surface area contributed by atoms with Gasteiger partial charge >= 0.3 is 0 Å². The Hall–Kier alpha value is -3.85. The minimum Gasteiger partial charge on any atom is -0.295 e. The van der Waals surface area contributed by atoms with Crippen LogP contribution in [0.1, 0.15) is 20.7 Å². The van der Waals surface area contributed by atoms with Crippen molar-refractivity contribution in [3.8, 4) is 0 Å². The van der Waals surface area contributed by atoms with E-state index in [1.165, 1.54) is 12.4 Å². The predicted molar refractivity (Wildman–Crippen MR) is 109 cm³/mol. The first-order chi connectivity index (χ1) is 14.5. The molecule has 2 amide bonds. The quantitative estimate of drug-likeness (QED) is 0.606. The smallest absolute Gasteiger partial charge is 0.287 e. The zero-order valence-electron chi connectivity index (χ0n) is 15.5. The molecule has 0 aliphatic carbocycles. The van der Waals surface area contributed by atoms with Crippen molar-refractivity contribution in [3.05, 3.63) is 84.2 Å². The summed E-state index contributed by atoms with van der Waals surface area (Å²) in [6, 6.07) is 17.1. The van der Waals surface area contributed by atoms with E-state index < -0.39 is 21.8 Å². The summed E-state index contributed by atoms with van der Waals surface area (Å²) in [5.41, 5.74) is 1.59. The van der Waals surface area contributed by atoms with Crippen LogP contribution >= 0.6 is 0 Å². The van der Waals surface area contributed by atoms with Crippen molar-refractivity contribution < 1.29 is 18.0 Å². The van der Waals surface area contributed by atoms with Gasteiger partial charge in [0.15, 0.2) is 0 Å². The number of carbonyl (C=O) groups excluding carboxylic acids is 2. The van der Waals surface area contributed by atoms with Crippen molar-refractivity contribution in [1.82, 2.24) is 9.88 Å². The molecular weight excluding hydrogens is 404 g/mol. The summed E-state index contributed by atoms with van der Waals surface area (Å²) in [7, 11) is -4.04. The fourth-order valence-electron chi connectivity index (χ4n) is 3.61. The molecule has 0 saturated carbocycles. The zero-order chi connectivity index (χ0) is 20.9. The zero-order valence-corrected chi connectivity index (χ0v) is 16.3. The Kier molecular flexibility index (Phi) is 4.00. The molecule has 3 aromatic rings. The number of pyridine rings is 1. The Balaban J connectivity index is 1.63. The summed E-state index contributed by atoms with van der Waals surface area (Å²) < 4.78 is 29.5. The lowest BCUT2D eigenvalue weighted by Crippen LogP contribution is -2.43. The van der Waals surface area contributed by atoms with Gasteiger partial charge in [0.1, 0.15) is 10.7 Å². The van der Waals surface area contributed by atoms with E-state index in [1.807, 2.05) is 6.07 Å². The number of amides is 2. The molecule has 0 radical (unpaired) electrons. The molecule has 0 N–H and O–H groups in total. The highest BCUT2D eigenvalue weighted by atomic mass is 32.2. The van der Waals surface area contributed by atoms with Crippen LogP contribution in [0.15, 0.2) is 82.4 Å². The average molecular weight is 418 g/mol. The van der Waals surface area contributed by atoms with Crippen LogP contribution in [0.4, 0.5) is 11.4 Å². The molecule has 0 atom stereocenters. The van der Waals surface area contributed by atoms with Crippen LogP contribution in [0.25, 0.3) is 0 Å². The van der Waals surface area contributed by atoms with Crippen molar-refractivity contribution in [3.63, 3.8) is 0 Å². The van der Waals surface area contributed by atoms with Gasteiger partial charge in [-0.15, -0.1) is 4.40 Å². The van der Waals surface area contributed by atoms with Gasteiger partial charge in [0.05, 0.1) is 23.4 Å². The lowest BCUT2D eigenvalue weighted by atomic mass is 10.1. The number of rotatable bonds is 3. The van der Waals surface area contributed by atoms with E-state index in [0.717, 1.165) is 4.90 Å². The number of benzene rings is 2. The summed E-state index contributed by atoms with van der Waals surface area (Å²) in [4.78, 5) is 32.1. The minimum atomic E-state index is -4.04. The molecule has 0 fully saturated rings. The molecule has 9 heteroatoms. The molecule has 5 rings (SSSR count). The van der Waals surface area contributed by atoms with E-state index in [-0.39, 0.29) is 28.4 Å². The summed E-state index contributed by atoms with van der Waals surface area (Å²) >= 11 is 0. The second-order valence-electron chi connectivity index (χ2n) is 6.74. The molecule has 0 spiro atoms. The molecule has 2 aromatic carbocycles. The molecule has 30 heavy (non-hydrogen) atoms. The molecule has 8 nitrogen and oxygen atoms in total. The Morgan fingerprint density at radius 1 is 0.833 bits per heavy atom. The summed E-state index contributed by atoms with van der Waals surface area (Å²) in [6.07, 6.45) is 2.72. The maximum Gasteiger partial charge on any atom is 0.287 e.